The predicted octanol–water partition coefficient (Wildman–Crippen LogP) is 3.17. The first-order chi connectivity index (χ1) is 9.06. The molecule has 2 nitrogen and oxygen atoms in total. The van der Waals surface area contributed by atoms with E-state index in [-0.39, 0.29) is 6.23 Å². The van der Waals surface area contributed by atoms with Crippen LogP contribution in [0.2, 0.25) is 0 Å². The number of allylic oxidation sites excluding steroid dienone is 2. The lowest BCUT2D eigenvalue weighted by atomic mass is 9.64. The van der Waals surface area contributed by atoms with Crippen molar-refractivity contribution in [2.75, 3.05) is 0 Å². The maximum Gasteiger partial charge on any atom is 0.121 e. The smallest absolute Gasteiger partial charge is 0.121 e. The molecular formula is C16H26FNO. The van der Waals surface area contributed by atoms with Gasteiger partial charge in [-0.05, 0) is 61.9 Å². The van der Waals surface area contributed by atoms with E-state index in [9.17, 15) is 9.50 Å². The third kappa shape index (κ3) is 2.47. The zero-order chi connectivity index (χ0) is 13.6. The van der Waals surface area contributed by atoms with Gasteiger partial charge in [0, 0.05) is 6.04 Å². The van der Waals surface area contributed by atoms with Crippen LogP contribution in [0.25, 0.3) is 0 Å². The Morgan fingerprint density at radius 1 is 1.16 bits per heavy atom. The molecule has 0 aromatic carbocycles. The number of hydrogen-bond acceptors (Lipinski definition) is 2. The van der Waals surface area contributed by atoms with Crippen LogP contribution in [0.1, 0.15) is 52.4 Å². The van der Waals surface area contributed by atoms with Crippen LogP contribution in [0.4, 0.5) is 4.39 Å². The molecule has 2 N–H and O–H groups in total. The van der Waals surface area contributed by atoms with Crippen LogP contribution in [0.15, 0.2) is 11.1 Å². The molecule has 0 spiro atoms. The number of rotatable bonds is 2. The van der Waals surface area contributed by atoms with Gasteiger partial charge in [0.2, 0.25) is 0 Å². The highest BCUT2D eigenvalue weighted by molar-refractivity contribution is 5.33. The van der Waals surface area contributed by atoms with Crippen molar-refractivity contribution in [2.45, 2.75) is 70.8 Å². The van der Waals surface area contributed by atoms with Gasteiger partial charge in [-0.2, -0.15) is 0 Å². The van der Waals surface area contributed by atoms with Crippen molar-refractivity contribution in [3.05, 3.63) is 11.1 Å². The maximum atomic E-state index is 13.8. The molecule has 1 heterocycles. The molecule has 5 unspecified atom stereocenters. The second kappa shape index (κ2) is 5.17. The van der Waals surface area contributed by atoms with Gasteiger partial charge < -0.3 is 5.11 Å². The molecular weight excluding hydrogens is 241 g/mol. The van der Waals surface area contributed by atoms with E-state index in [1.807, 2.05) is 0 Å². The van der Waals surface area contributed by atoms with Crippen molar-refractivity contribution in [2.24, 2.45) is 17.8 Å². The molecule has 0 amide bonds. The van der Waals surface area contributed by atoms with E-state index in [0.717, 1.165) is 37.7 Å². The van der Waals surface area contributed by atoms with Crippen molar-refractivity contribution in [3.63, 3.8) is 0 Å². The van der Waals surface area contributed by atoms with Crippen molar-refractivity contribution in [1.29, 1.82) is 0 Å². The van der Waals surface area contributed by atoms with Crippen molar-refractivity contribution in [1.82, 2.24) is 5.32 Å². The Balaban J connectivity index is 1.75. The monoisotopic (exact) mass is 267 g/mol. The minimum Gasteiger partial charge on any atom is -0.379 e. The summed E-state index contributed by atoms with van der Waals surface area (Å²) in [7, 11) is 0. The number of alkyl halides is 1. The Morgan fingerprint density at radius 2 is 1.89 bits per heavy atom. The van der Waals surface area contributed by atoms with E-state index in [0.29, 0.717) is 30.2 Å². The third-order valence-electron chi connectivity index (χ3n) is 5.50. The minimum absolute atomic E-state index is 0.377. The second-order valence-electron chi connectivity index (χ2n) is 6.97. The first-order valence-electron chi connectivity index (χ1n) is 7.86. The molecule has 2 aliphatic carbocycles. The highest BCUT2D eigenvalue weighted by atomic mass is 19.1. The fraction of sp³-hybridized carbons (Fsp3) is 0.875. The lowest BCUT2D eigenvalue weighted by molar-refractivity contribution is 0.0277. The van der Waals surface area contributed by atoms with E-state index < -0.39 is 6.17 Å². The van der Waals surface area contributed by atoms with Crippen LogP contribution < -0.4 is 5.32 Å². The van der Waals surface area contributed by atoms with Gasteiger partial charge in [0.1, 0.15) is 12.4 Å². The average molecular weight is 267 g/mol. The van der Waals surface area contributed by atoms with Crippen molar-refractivity contribution in [3.8, 4) is 0 Å². The van der Waals surface area contributed by atoms with Crippen LogP contribution in [0.3, 0.4) is 0 Å². The summed E-state index contributed by atoms with van der Waals surface area (Å²) in [5.74, 6) is 1.64. The van der Waals surface area contributed by atoms with Crippen LogP contribution in [0.5, 0.6) is 0 Å². The summed E-state index contributed by atoms with van der Waals surface area (Å²) in [6.07, 6.45) is 4.71. The Bertz CT molecular complexity index is 379. The van der Waals surface area contributed by atoms with Gasteiger partial charge in [0.25, 0.3) is 0 Å². The SMILES string of the molecule is CC(C)C1CC(C2CCC(F)C3=C2CC3)CC(O)N1. The molecule has 0 saturated carbocycles. The Hall–Kier alpha value is -0.410. The molecule has 0 aromatic rings. The molecule has 108 valence electrons. The van der Waals surface area contributed by atoms with Crippen LogP contribution >= 0.6 is 0 Å². The zero-order valence-electron chi connectivity index (χ0n) is 12.0. The molecule has 3 rings (SSSR count). The van der Waals surface area contributed by atoms with Gasteiger partial charge in [0.15, 0.2) is 0 Å². The van der Waals surface area contributed by atoms with Crippen LogP contribution in [0, 0.1) is 17.8 Å². The van der Waals surface area contributed by atoms with Crippen LogP contribution in [-0.2, 0) is 0 Å². The molecule has 5 atom stereocenters. The lowest BCUT2D eigenvalue weighted by Crippen LogP contribution is -2.50. The molecule has 3 heteroatoms. The predicted molar refractivity (Wildman–Crippen MR) is 74.4 cm³/mol. The van der Waals surface area contributed by atoms with Gasteiger partial charge in [-0.15, -0.1) is 0 Å². The summed E-state index contributed by atoms with van der Waals surface area (Å²) in [6.45, 7) is 4.42. The second-order valence-corrected chi connectivity index (χ2v) is 6.97. The van der Waals surface area contributed by atoms with E-state index in [2.05, 4.69) is 19.2 Å². The third-order valence-corrected chi connectivity index (χ3v) is 5.50. The zero-order valence-corrected chi connectivity index (χ0v) is 12.0. The van der Waals surface area contributed by atoms with Gasteiger partial charge in [-0.3, -0.25) is 5.32 Å². The number of aliphatic hydroxyl groups is 1. The van der Waals surface area contributed by atoms with Crippen molar-refractivity contribution < 1.29 is 9.50 Å². The molecule has 3 aliphatic rings. The molecule has 0 radical (unpaired) electrons. The quantitative estimate of drug-likeness (QED) is 0.753. The minimum atomic E-state index is -0.660. The summed E-state index contributed by atoms with van der Waals surface area (Å²) < 4.78 is 13.8. The van der Waals surface area contributed by atoms with Gasteiger partial charge in [-0.1, -0.05) is 19.4 Å². The Kier molecular flexibility index (Phi) is 3.69. The first kappa shape index (κ1) is 13.6. The highest BCUT2D eigenvalue weighted by Gasteiger charge is 2.41. The summed E-state index contributed by atoms with van der Waals surface area (Å²) in [5.41, 5.74) is 2.53. The number of hydrogen-bond donors (Lipinski definition) is 2. The molecule has 0 aromatic heterocycles. The number of aliphatic hydroxyl groups excluding tert-OH is 1. The summed E-state index contributed by atoms with van der Waals surface area (Å²) >= 11 is 0. The topological polar surface area (TPSA) is 32.3 Å². The largest absolute Gasteiger partial charge is 0.379 e. The molecule has 1 fully saturated rings. The molecule has 19 heavy (non-hydrogen) atoms. The molecule has 1 aliphatic heterocycles. The van der Waals surface area contributed by atoms with Gasteiger partial charge >= 0.3 is 0 Å². The van der Waals surface area contributed by atoms with Crippen molar-refractivity contribution >= 4 is 0 Å². The summed E-state index contributed by atoms with van der Waals surface area (Å²) in [5, 5.41) is 13.4. The fourth-order valence-corrected chi connectivity index (χ4v) is 4.28. The molecule has 1 saturated heterocycles. The first-order valence-corrected chi connectivity index (χ1v) is 7.86. The van der Waals surface area contributed by atoms with Gasteiger partial charge in [0.05, 0.1) is 0 Å². The summed E-state index contributed by atoms with van der Waals surface area (Å²) in [4.78, 5) is 0. The standard InChI is InChI=1S/C16H26FNO/c1-9(2)15-7-10(8-16(19)18-15)11-5-6-14(17)13-4-3-12(11)13/h9-11,14-16,18-19H,3-8H2,1-2H3. The van der Waals surface area contributed by atoms with E-state index >= 15 is 0 Å². The number of piperidine rings is 1. The fourth-order valence-electron chi connectivity index (χ4n) is 4.28. The average Bonchev–Trinajstić information content (AvgIpc) is 2.30. The van der Waals surface area contributed by atoms with E-state index in [4.69, 9.17) is 0 Å². The maximum absolute atomic E-state index is 13.8. The lowest BCUT2D eigenvalue weighted by Gasteiger charge is -2.45. The molecule has 0 bridgehead atoms. The van der Waals surface area contributed by atoms with Crippen LogP contribution in [-0.4, -0.2) is 23.5 Å². The van der Waals surface area contributed by atoms with Gasteiger partial charge in [-0.25, -0.2) is 4.39 Å². The highest BCUT2D eigenvalue weighted by Crippen LogP contribution is 2.49. The number of nitrogens with one attached hydrogen (secondary N) is 1. The Morgan fingerprint density at radius 3 is 2.53 bits per heavy atom. The van der Waals surface area contributed by atoms with E-state index in [1.165, 1.54) is 5.57 Å². The number of halogens is 1. The summed E-state index contributed by atoms with van der Waals surface area (Å²) in [6, 6.07) is 0.404. The normalized spacial score (nSPS) is 43.1. The van der Waals surface area contributed by atoms with E-state index in [1.54, 1.807) is 0 Å². The Labute approximate surface area is 115 Å².